The predicted molar refractivity (Wildman–Crippen MR) is 111 cm³/mol. The zero-order valence-corrected chi connectivity index (χ0v) is 17.4. The van der Waals surface area contributed by atoms with Gasteiger partial charge in [0.25, 0.3) is 0 Å². The molecule has 0 spiro atoms. The average molecular weight is 396 g/mol. The first-order chi connectivity index (χ1) is 14.0. The van der Waals surface area contributed by atoms with Gasteiger partial charge in [-0.3, -0.25) is 4.79 Å². The minimum atomic E-state index is 0.198. The highest BCUT2D eigenvalue weighted by molar-refractivity contribution is 5.76. The molecule has 7 heteroatoms. The fraction of sp³-hybridized carbons (Fsp3) is 0.500. The summed E-state index contributed by atoms with van der Waals surface area (Å²) in [7, 11) is 0. The number of aryl methyl sites for hydroxylation is 2. The number of rotatable bonds is 5. The molecule has 0 atom stereocenters. The van der Waals surface area contributed by atoms with E-state index < -0.39 is 0 Å². The molecule has 1 saturated heterocycles. The second-order valence-corrected chi connectivity index (χ2v) is 7.94. The molecule has 3 heterocycles. The molecule has 2 aliphatic heterocycles. The number of aromatic nitrogens is 2. The van der Waals surface area contributed by atoms with Crippen LogP contribution in [-0.2, 0) is 11.2 Å². The molecule has 7 nitrogen and oxygen atoms in total. The van der Waals surface area contributed by atoms with E-state index in [1.165, 1.54) is 0 Å². The summed E-state index contributed by atoms with van der Waals surface area (Å²) in [5.74, 6) is 3.88. The number of nitrogens with zero attached hydrogens (tertiary/aromatic N) is 4. The molecule has 0 radical (unpaired) electrons. The highest BCUT2D eigenvalue weighted by Gasteiger charge is 2.23. The van der Waals surface area contributed by atoms with Crippen LogP contribution >= 0.6 is 0 Å². The van der Waals surface area contributed by atoms with Gasteiger partial charge in [-0.1, -0.05) is 19.9 Å². The summed E-state index contributed by atoms with van der Waals surface area (Å²) >= 11 is 0. The van der Waals surface area contributed by atoms with Crippen molar-refractivity contribution in [3.63, 3.8) is 0 Å². The van der Waals surface area contributed by atoms with E-state index in [9.17, 15) is 4.79 Å². The molecular formula is C22H28N4O3. The number of hydrogen-bond donors (Lipinski definition) is 0. The number of hydrogen-bond acceptors (Lipinski definition) is 6. The van der Waals surface area contributed by atoms with E-state index in [1.807, 2.05) is 36.1 Å². The highest BCUT2D eigenvalue weighted by Crippen LogP contribution is 2.32. The minimum absolute atomic E-state index is 0.198. The smallest absolute Gasteiger partial charge is 0.231 e. The number of carbonyl (C=O) groups is 1. The summed E-state index contributed by atoms with van der Waals surface area (Å²) in [5, 5.41) is 0. The quantitative estimate of drug-likeness (QED) is 0.774. The maximum atomic E-state index is 12.7. The van der Waals surface area contributed by atoms with Crippen LogP contribution in [-0.4, -0.2) is 53.7 Å². The van der Waals surface area contributed by atoms with Gasteiger partial charge < -0.3 is 19.3 Å². The van der Waals surface area contributed by atoms with Crippen LogP contribution in [0, 0.1) is 6.92 Å². The Morgan fingerprint density at radius 1 is 1.07 bits per heavy atom. The number of carbonyl (C=O) groups excluding carboxylic acids is 1. The van der Waals surface area contributed by atoms with Gasteiger partial charge in [-0.2, -0.15) is 0 Å². The molecule has 1 aromatic carbocycles. The Bertz CT molecular complexity index is 892. The lowest BCUT2D eigenvalue weighted by atomic mass is 10.1. The number of ether oxygens (including phenoxy) is 2. The fourth-order valence-corrected chi connectivity index (χ4v) is 3.69. The van der Waals surface area contributed by atoms with Crippen LogP contribution in [0.1, 0.15) is 43.3 Å². The van der Waals surface area contributed by atoms with Crippen LogP contribution in [0.4, 0.5) is 5.82 Å². The van der Waals surface area contributed by atoms with Gasteiger partial charge >= 0.3 is 0 Å². The summed E-state index contributed by atoms with van der Waals surface area (Å²) in [6.45, 7) is 9.53. The third-order valence-electron chi connectivity index (χ3n) is 5.40. The molecule has 1 aromatic heterocycles. The molecule has 2 aliphatic rings. The van der Waals surface area contributed by atoms with E-state index >= 15 is 0 Å². The lowest BCUT2D eigenvalue weighted by Gasteiger charge is -2.35. The third kappa shape index (κ3) is 4.44. The highest BCUT2D eigenvalue weighted by atomic mass is 16.7. The zero-order valence-electron chi connectivity index (χ0n) is 17.4. The third-order valence-corrected chi connectivity index (χ3v) is 5.40. The maximum absolute atomic E-state index is 12.7. The Kier molecular flexibility index (Phi) is 5.56. The van der Waals surface area contributed by atoms with Crippen molar-refractivity contribution < 1.29 is 14.3 Å². The SMILES string of the molecule is Cc1cc(N2CCN(C(=O)CCc3ccc4c(c3)OCO4)CC2)nc(C(C)C)n1. The first-order valence-corrected chi connectivity index (χ1v) is 10.3. The summed E-state index contributed by atoms with van der Waals surface area (Å²) in [4.78, 5) is 26.1. The first kappa shape index (κ1) is 19.5. The largest absolute Gasteiger partial charge is 0.454 e. The molecule has 2 aromatic rings. The molecule has 0 N–H and O–H groups in total. The second-order valence-electron chi connectivity index (χ2n) is 7.94. The molecule has 29 heavy (non-hydrogen) atoms. The van der Waals surface area contributed by atoms with Crippen molar-refractivity contribution in [2.24, 2.45) is 0 Å². The van der Waals surface area contributed by atoms with Crippen molar-refractivity contribution in [3.8, 4) is 11.5 Å². The minimum Gasteiger partial charge on any atom is -0.454 e. The predicted octanol–water partition coefficient (Wildman–Crippen LogP) is 2.92. The van der Waals surface area contributed by atoms with E-state index in [1.54, 1.807) is 0 Å². The number of piperazine rings is 1. The Morgan fingerprint density at radius 3 is 2.59 bits per heavy atom. The maximum Gasteiger partial charge on any atom is 0.231 e. The van der Waals surface area contributed by atoms with Gasteiger partial charge in [-0.05, 0) is 31.0 Å². The van der Waals surface area contributed by atoms with Crippen molar-refractivity contribution in [1.82, 2.24) is 14.9 Å². The van der Waals surface area contributed by atoms with E-state index in [2.05, 4.69) is 23.7 Å². The monoisotopic (exact) mass is 396 g/mol. The van der Waals surface area contributed by atoms with Crippen LogP contribution in [0.3, 0.4) is 0 Å². The fourth-order valence-electron chi connectivity index (χ4n) is 3.69. The van der Waals surface area contributed by atoms with Crippen molar-refractivity contribution in [3.05, 3.63) is 41.3 Å². The van der Waals surface area contributed by atoms with Crippen LogP contribution in [0.25, 0.3) is 0 Å². The molecule has 4 rings (SSSR count). The summed E-state index contributed by atoms with van der Waals surface area (Å²) in [6, 6.07) is 7.92. The van der Waals surface area contributed by atoms with E-state index in [-0.39, 0.29) is 12.7 Å². The van der Waals surface area contributed by atoms with E-state index in [0.29, 0.717) is 18.8 Å². The number of anilines is 1. The van der Waals surface area contributed by atoms with Crippen molar-refractivity contribution in [2.45, 2.75) is 39.5 Å². The summed E-state index contributed by atoms with van der Waals surface area (Å²) < 4.78 is 10.8. The van der Waals surface area contributed by atoms with E-state index in [4.69, 9.17) is 14.5 Å². The van der Waals surface area contributed by atoms with Gasteiger partial charge in [0, 0.05) is 50.3 Å². The lowest BCUT2D eigenvalue weighted by Crippen LogP contribution is -2.49. The normalized spacial score (nSPS) is 15.9. The van der Waals surface area contributed by atoms with Crippen LogP contribution < -0.4 is 14.4 Å². The lowest BCUT2D eigenvalue weighted by molar-refractivity contribution is -0.131. The Morgan fingerprint density at radius 2 is 1.83 bits per heavy atom. The molecule has 0 bridgehead atoms. The van der Waals surface area contributed by atoms with Crippen LogP contribution in [0.2, 0.25) is 0 Å². The van der Waals surface area contributed by atoms with Crippen molar-refractivity contribution >= 4 is 11.7 Å². The first-order valence-electron chi connectivity index (χ1n) is 10.3. The molecule has 0 unspecified atom stereocenters. The van der Waals surface area contributed by atoms with Crippen molar-refractivity contribution in [2.75, 3.05) is 37.9 Å². The van der Waals surface area contributed by atoms with Crippen LogP contribution in [0.15, 0.2) is 24.3 Å². The summed E-state index contributed by atoms with van der Waals surface area (Å²) in [6.07, 6.45) is 1.21. The molecule has 1 fully saturated rings. The van der Waals surface area contributed by atoms with Gasteiger partial charge in [-0.15, -0.1) is 0 Å². The zero-order chi connectivity index (χ0) is 20.4. The molecule has 1 amide bonds. The Balaban J connectivity index is 1.31. The Labute approximate surface area is 171 Å². The Hall–Kier alpha value is -2.83. The van der Waals surface area contributed by atoms with E-state index in [0.717, 1.165) is 60.6 Å². The molecule has 154 valence electrons. The van der Waals surface area contributed by atoms with Gasteiger partial charge in [0.2, 0.25) is 12.7 Å². The average Bonchev–Trinajstić information content (AvgIpc) is 3.19. The molecule has 0 saturated carbocycles. The number of fused-ring (bicyclic) bond motifs is 1. The number of amides is 1. The topological polar surface area (TPSA) is 67.8 Å². The molecule has 0 aliphatic carbocycles. The van der Waals surface area contributed by atoms with Gasteiger partial charge in [-0.25, -0.2) is 9.97 Å². The standard InChI is InChI=1S/C22H28N4O3/c1-15(2)22-23-16(3)12-20(24-22)25-8-10-26(11-9-25)21(27)7-5-17-4-6-18-19(13-17)29-14-28-18/h4,6,12-13,15H,5,7-11,14H2,1-3H3. The molecular weight excluding hydrogens is 368 g/mol. The van der Waals surface area contributed by atoms with Gasteiger partial charge in [0.05, 0.1) is 0 Å². The van der Waals surface area contributed by atoms with Crippen LogP contribution in [0.5, 0.6) is 11.5 Å². The van der Waals surface area contributed by atoms with Gasteiger partial charge in [0.15, 0.2) is 11.5 Å². The van der Waals surface area contributed by atoms with Gasteiger partial charge in [0.1, 0.15) is 11.6 Å². The summed E-state index contributed by atoms with van der Waals surface area (Å²) in [5.41, 5.74) is 2.08. The second kappa shape index (κ2) is 8.27. The number of benzene rings is 1. The van der Waals surface area contributed by atoms with Crippen molar-refractivity contribution in [1.29, 1.82) is 0 Å².